The van der Waals surface area contributed by atoms with Crippen LogP contribution >= 0.6 is 35.0 Å². The molecule has 8 nitrogen and oxygen atoms in total. The second-order valence-corrected chi connectivity index (χ2v) is 10.4. The Labute approximate surface area is 249 Å². The van der Waals surface area contributed by atoms with Crippen molar-refractivity contribution in [1.29, 1.82) is 0 Å². The van der Waals surface area contributed by atoms with Crippen molar-refractivity contribution < 1.29 is 19.3 Å². The van der Waals surface area contributed by atoms with Gasteiger partial charge in [0.2, 0.25) is 0 Å². The van der Waals surface area contributed by atoms with Gasteiger partial charge in [-0.05, 0) is 78.4 Å². The number of thioether (sulfide) groups is 1. The second kappa shape index (κ2) is 13.8. The molecule has 0 radical (unpaired) electrons. The van der Waals surface area contributed by atoms with Crippen molar-refractivity contribution in [3.63, 3.8) is 0 Å². The van der Waals surface area contributed by atoms with Crippen LogP contribution in [0.1, 0.15) is 26.3 Å². The van der Waals surface area contributed by atoms with Crippen molar-refractivity contribution in [3.8, 4) is 0 Å². The summed E-state index contributed by atoms with van der Waals surface area (Å²) in [7, 11) is 0. The Balaban J connectivity index is 1.45. The molecule has 2 N–H and O–H groups in total. The molecule has 2 amide bonds. The first-order valence-corrected chi connectivity index (χ1v) is 13.8. The lowest BCUT2D eigenvalue weighted by atomic mass is 10.1. The lowest BCUT2D eigenvalue weighted by Gasteiger charge is -2.12. The molecule has 4 aromatic carbocycles. The number of rotatable bonds is 10. The van der Waals surface area contributed by atoms with E-state index in [9.17, 15) is 24.5 Å². The number of hydrogen-bond acceptors (Lipinski definition) is 6. The van der Waals surface area contributed by atoms with Gasteiger partial charge in [0.25, 0.3) is 17.5 Å². The number of Topliss-reactive ketones (excluding diaryl/α,β-unsaturated/α-hetero) is 1. The minimum Gasteiger partial charge on any atom is -0.321 e. The minimum absolute atomic E-state index is 0.0571. The molecule has 0 spiro atoms. The van der Waals surface area contributed by atoms with Crippen LogP contribution in [0.15, 0.2) is 108 Å². The van der Waals surface area contributed by atoms with E-state index in [1.165, 1.54) is 48.2 Å². The Morgan fingerprint density at radius 3 is 2.15 bits per heavy atom. The molecule has 0 unspecified atom stereocenters. The molecule has 4 aromatic rings. The second-order valence-electron chi connectivity index (χ2n) is 8.55. The Morgan fingerprint density at radius 2 is 1.51 bits per heavy atom. The highest BCUT2D eigenvalue weighted by Gasteiger charge is 2.16. The first-order chi connectivity index (χ1) is 19.7. The van der Waals surface area contributed by atoms with Crippen LogP contribution in [0.3, 0.4) is 0 Å². The Bertz CT molecular complexity index is 1630. The van der Waals surface area contributed by atoms with Gasteiger partial charge < -0.3 is 10.6 Å². The summed E-state index contributed by atoms with van der Waals surface area (Å²) in [6, 6.07) is 25.5. The smallest absolute Gasteiger partial charge is 0.272 e. The number of amides is 2. The van der Waals surface area contributed by atoms with E-state index in [1.807, 2.05) is 0 Å². The predicted molar refractivity (Wildman–Crippen MR) is 162 cm³/mol. The normalized spacial score (nSPS) is 11.0. The lowest BCUT2D eigenvalue weighted by Crippen LogP contribution is -2.30. The fraction of sp³-hybridized carbons (Fsp3) is 0.0333. The number of carbonyl (C=O) groups excluding carboxylic acids is 3. The van der Waals surface area contributed by atoms with Gasteiger partial charge in [-0.15, -0.1) is 11.8 Å². The van der Waals surface area contributed by atoms with E-state index in [0.29, 0.717) is 32.4 Å². The van der Waals surface area contributed by atoms with Gasteiger partial charge in [-0.3, -0.25) is 24.5 Å². The van der Waals surface area contributed by atoms with E-state index in [1.54, 1.807) is 66.7 Å². The number of ketones is 1. The first-order valence-electron chi connectivity index (χ1n) is 12.0. The molecule has 11 heteroatoms. The van der Waals surface area contributed by atoms with Crippen LogP contribution in [-0.2, 0) is 4.79 Å². The molecule has 206 valence electrons. The number of halogens is 2. The molecule has 0 saturated carbocycles. The summed E-state index contributed by atoms with van der Waals surface area (Å²) in [5.74, 6) is -1.02. The number of non-ortho nitro benzene ring substituents is 1. The SMILES string of the molecule is O=C(Nc1ccc(SCC(=O)c2ccc(Cl)c(Cl)c2)cc1)/C(=C/c1ccc([N+](=O)[O-])cc1)NC(=O)c1ccccc1. The highest BCUT2D eigenvalue weighted by Crippen LogP contribution is 2.25. The van der Waals surface area contributed by atoms with Gasteiger partial charge in [0, 0.05) is 33.8 Å². The largest absolute Gasteiger partial charge is 0.321 e. The molecule has 0 saturated heterocycles. The van der Waals surface area contributed by atoms with E-state index in [2.05, 4.69) is 10.6 Å². The van der Waals surface area contributed by atoms with Crippen LogP contribution in [0.25, 0.3) is 6.08 Å². The van der Waals surface area contributed by atoms with Crippen molar-refractivity contribution in [3.05, 3.63) is 140 Å². The third kappa shape index (κ3) is 8.28. The zero-order valence-corrected chi connectivity index (χ0v) is 23.5. The van der Waals surface area contributed by atoms with Crippen LogP contribution < -0.4 is 10.6 Å². The molecule has 0 bridgehead atoms. The van der Waals surface area contributed by atoms with Crippen molar-refractivity contribution in [1.82, 2.24) is 5.32 Å². The highest BCUT2D eigenvalue weighted by atomic mass is 35.5. The summed E-state index contributed by atoms with van der Waals surface area (Å²) in [4.78, 5) is 49.7. The minimum atomic E-state index is -0.595. The average molecular weight is 606 g/mol. The molecule has 0 heterocycles. The standard InChI is InChI=1S/C30H21Cl2N3O5S/c31-25-15-8-21(17-26(25)32)28(36)18-41-24-13-9-22(10-14-24)33-30(38)27(34-29(37)20-4-2-1-3-5-20)16-19-6-11-23(12-7-19)35(39)40/h1-17H,18H2,(H,33,38)(H,34,37)/b27-16-. The van der Waals surface area contributed by atoms with E-state index in [0.717, 1.165) is 4.90 Å². The fourth-order valence-corrected chi connectivity index (χ4v) is 4.63. The van der Waals surface area contributed by atoms with Crippen molar-refractivity contribution >= 4 is 70.0 Å². The Hall–Kier alpha value is -4.44. The van der Waals surface area contributed by atoms with E-state index in [-0.39, 0.29) is 22.9 Å². The van der Waals surface area contributed by atoms with Gasteiger partial charge in [0.05, 0.1) is 20.7 Å². The molecule has 0 atom stereocenters. The maximum atomic E-state index is 13.2. The molecule has 41 heavy (non-hydrogen) atoms. The highest BCUT2D eigenvalue weighted by molar-refractivity contribution is 8.00. The number of carbonyl (C=O) groups is 3. The summed E-state index contributed by atoms with van der Waals surface area (Å²) >= 11 is 13.2. The maximum Gasteiger partial charge on any atom is 0.272 e. The number of nitro benzene ring substituents is 1. The van der Waals surface area contributed by atoms with Crippen molar-refractivity contribution in [2.45, 2.75) is 4.90 Å². The number of nitro groups is 1. The van der Waals surface area contributed by atoms with Gasteiger partial charge in [0.15, 0.2) is 5.78 Å². The summed E-state index contributed by atoms with van der Waals surface area (Å²) in [5, 5.41) is 17.0. The molecular weight excluding hydrogens is 585 g/mol. The zero-order chi connectivity index (χ0) is 29.4. The number of anilines is 1. The van der Waals surface area contributed by atoms with Gasteiger partial charge in [0.1, 0.15) is 5.70 Å². The Morgan fingerprint density at radius 1 is 0.829 bits per heavy atom. The number of nitrogens with one attached hydrogen (secondary N) is 2. The summed E-state index contributed by atoms with van der Waals surface area (Å²) in [6.07, 6.45) is 1.43. The molecule has 0 aliphatic rings. The van der Waals surface area contributed by atoms with Gasteiger partial charge in [-0.1, -0.05) is 41.4 Å². The van der Waals surface area contributed by atoms with E-state index in [4.69, 9.17) is 23.2 Å². The van der Waals surface area contributed by atoms with Crippen molar-refractivity contribution in [2.24, 2.45) is 0 Å². The van der Waals surface area contributed by atoms with Gasteiger partial charge >= 0.3 is 0 Å². The topological polar surface area (TPSA) is 118 Å². The zero-order valence-electron chi connectivity index (χ0n) is 21.2. The number of hydrogen-bond donors (Lipinski definition) is 2. The monoisotopic (exact) mass is 605 g/mol. The molecule has 0 aromatic heterocycles. The third-order valence-corrected chi connectivity index (χ3v) is 7.42. The molecule has 0 fully saturated rings. The number of benzene rings is 4. The van der Waals surface area contributed by atoms with Crippen LogP contribution in [0.5, 0.6) is 0 Å². The average Bonchev–Trinajstić information content (AvgIpc) is 2.98. The van der Waals surface area contributed by atoms with Crippen molar-refractivity contribution in [2.75, 3.05) is 11.1 Å². The van der Waals surface area contributed by atoms with E-state index < -0.39 is 16.7 Å². The maximum absolute atomic E-state index is 13.2. The Kier molecular flexibility index (Phi) is 9.91. The van der Waals surface area contributed by atoms with Crippen LogP contribution in [0, 0.1) is 10.1 Å². The molecular formula is C30H21Cl2N3O5S. The lowest BCUT2D eigenvalue weighted by molar-refractivity contribution is -0.384. The van der Waals surface area contributed by atoms with Crippen LogP contribution in [-0.4, -0.2) is 28.3 Å². The first kappa shape index (κ1) is 29.5. The molecule has 4 rings (SSSR count). The third-order valence-electron chi connectivity index (χ3n) is 5.67. The van der Waals surface area contributed by atoms with E-state index >= 15 is 0 Å². The molecule has 0 aliphatic carbocycles. The number of nitrogens with zero attached hydrogens (tertiary/aromatic N) is 1. The summed E-state index contributed by atoms with van der Waals surface area (Å²) < 4.78 is 0. The quantitative estimate of drug-likeness (QED) is 0.0644. The molecule has 0 aliphatic heterocycles. The van der Waals surface area contributed by atoms with Crippen LogP contribution in [0.2, 0.25) is 10.0 Å². The predicted octanol–water partition coefficient (Wildman–Crippen LogP) is 7.29. The summed E-state index contributed by atoms with van der Waals surface area (Å²) in [5.41, 5.74) is 1.59. The van der Waals surface area contributed by atoms with Gasteiger partial charge in [-0.25, -0.2) is 0 Å². The van der Waals surface area contributed by atoms with Crippen LogP contribution in [0.4, 0.5) is 11.4 Å². The summed E-state index contributed by atoms with van der Waals surface area (Å²) in [6.45, 7) is 0. The van der Waals surface area contributed by atoms with Gasteiger partial charge in [-0.2, -0.15) is 0 Å². The fourth-order valence-electron chi connectivity index (χ4n) is 3.54.